The van der Waals surface area contributed by atoms with Crippen LogP contribution in [-0.4, -0.2) is 70.0 Å². The van der Waals surface area contributed by atoms with Crippen molar-refractivity contribution in [2.24, 2.45) is 0 Å². The molecule has 0 saturated heterocycles. The van der Waals surface area contributed by atoms with Crippen LogP contribution in [0.5, 0.6) is 0 Å². The molecular formula is C80H138NO8P. The third kappa shape index (κ3) is 73.2. The molecule has 0 aliphatic carbocycles. The second kappa shape index (κ2) is 69.5. The van der Waals surface area contributed by atoms with Crippen LogP contribution in [0.3, 0.4) is 0 Å². The van der Waals surface area contributed by atoms with Gasteiger partial charge in [0.2, 0.25) is 0 Å². The number of esters is 2. The number of hydrogen-bond donors (Lipinski definition) is 0. The van der Waals surface area contributed by atoms with Crippen molar-refractivity contribution in [3.63, 3.8) is 0 Å². The number of quaternary nitrogens is 1. The molecule has 2 unspecified atom stereocenters. The molecule has 0 spiro atoms. The lowest BCUT2D eigenvalue weighted by Crippen LogP contribution is -2.37. The molecule has 0 aromatic carbocycles. The number of phosphoric acid groups is 1. The Balaban J connectivity index is 4.07. The molecule has 10 heteroatoms. The quantitative estimate of drug-likeness (QED) is 0.0195. The van der Waals surface area contributed by atoms with Gasteiger partial charge in [-0.3, -0.25) is 14.2 Å². The van der Waals surface area contributed by atoms with Crippen LogP contribution in [0.15, 0.2) is 134 Å². The molecule has 0 fully saturated rings. The Bertz CT molecular complexity index is 1980. The molecule has 9 nitrogen and oxygen atoms in total. The zero-order chi connectivity index (χ0) is 65.5. The van der Waals surface area contributed by atoms with Crippen molar-refractivity contribution in [2.45, 2.75) is 315 Å². The average Bonchev–Trinajstić information content (AvgIpc) is 3.58. The summed E-state index contributed by atoms with van der Waals surface area (Å²) < 4.78 is 34.3. The van der Waals surface area contributed by atoms with Crippen LogP contribution < -0.4 is 4.89 Å². The molecule has 0 heterocycles. The van der Waals surface area contributed by atoms with Gasteiger partial charge in [-0.15, -0.1) is 0 Å². The third-order valence-electron chi connectivity index (χ3n) is 15.7. The van der Waals surface area contributed by atoms with Gasteiger partial charge in [-0.05, 0) is 116 Å². The third-order valence-corrected chi connectivity index (χ3v) is 16.6. The van der Waals surface area contributed by atoms with Gasteiger partial charge in [-0.1, -0.05) is 314 Å². The van der Waals surface area contributed by atoms with E-state index in [1.165, 1.54) is 167 Å². The summed E-state index contributed by atoms with van der Waals surface area (Å²) in [7, 11) is 1.15. The smallest absolute Gasteiger partial charge is 0.306 e. The molecule has 0 amide bonds. The van der Waals surface area contributed by atoms with Crippen molar-refractivity contribution in [2.75, 3.05) is 47.5 Å². The van der Waals surface area contributed by atoms with E-state index in [-0.39, 0.29) is 32.0 Å². The van der Waals surface area contributed by atoms with Gasteiger partial charge in [0.05, 0.1) is 27.7 Å². The number of unbranched alkanes of at least 4 members (excludes halogenated alkanes) is 31. The summed E-state index contributed by atoms with van der Waals surface area (Å²) in [5, 5.41) is 0. The lowest BCUT2D eigenvalue weighted by molar-refractivity contribution is -0.870. The SMILES string of the molecule is CC/C=C\C/C=C\C/C=C\C/C=C\C/C=C\C/C=C\C/C=C\C/C=C\CCCCCCCCCCC(=O)OC(COC(=O)CCCCCCCCCCCCCCCCCCCC/C=C\C/C=C\C/C=C\CCCCCCC)COP(=O)([O-])OCC[N+](C)(C)C. The van der Waals surface area contributed by atoms with Crippen LogP contribution in [-0.2, 0) is 32.7 Å². The number of hydrogen-bond acceptors (Lipinski definition) is 8. The molecule has 0 saturated carbocycles. The summed E-state index contributed by atoms with van der Waals surface area (Å²) in [6, 6.07) is 0. The fourth-order valence-electron chi connectivity index (χ4n) is 10.0. The standard InChI is InChI=1S/C80H138NO8P/c1-6-8-10-12-14-16-18-20-22-24-26-28-30-32-34-36-38-40-42-44-46-48-50-52-54-56-58-60-62-64-66-68-70-72-79(82)86-76-78(77-88-90(84,85)87-75-74-81(3,4)5)89-80(83)73-71-69-67-65-63-61-59-57-55-53-51-49-47-45-43-41-39-37-35-33-31-29-27-25-23-21-19-17-15-13-11-9-7-2/h9,11,15,17-18,20-21,23-24,26-27,29-30,32-33,35,39,41,45,47,51,53,78H,6-8,10,12-14,16,19,22,25,28,31,34,36-38,40,42-44,46,48-50,52,54-77H2,1-5H3/b11-9-,17-15-,20-18-,23-21-,26-24-,29-27-,32-30-,35-33-,41-39-,47-45-,53-51-. The number of phosphoric ester groups is 1. The van der Waals surface area contributed by atoms with Crippen LogP contribution in [0, 0.1) is 0 Å². The summed E-state index contributed by atoms with van der Waals surface area (Å²) in [6.45, 7) is 4.12. The Morgan fingerprint density at radius 3 is 0.944 bits per heavy atom. The minimum absolute atomic E-state index is 0.0379. The van der Waals surface area contributed by atoms with Crippen molar-refractivity contribution in [3.8, 4) is 0 Å². The highest BCUT2D eigenvalue weighted by Crippen LogP contribution is 2.38. The minimum atomic E-state index is -4.65. The first kappa shape index (κ1) is 86.2. The van der Waals surface area contributed by atoms with Gasteiger partial charge < -0.3 is 27.9 Å². The zero-order valence-corrected chi connectivity index (χ0v) is 59.7. The number of ether oxygens (including phenoxy) is 2. The van der Waals surface area contributed by atoms with Crippen molar-refractivity contribution in [3.05, 3.63) is 134 Å². The van der Waals surface area contributed by atoms with Crippen LogP contribution in [0.1, 0.15) is 309 Å². The Morgan fingerprint density at radius 1 is 0.356 bits per heavy atom. The highest BCUT2D eigenvalue weighted by atomic mass is 31.2. The zero-order valence-electron chi connectivity index (χ0n) is 58.8. The van der Waals surface area contributed by atoms with E-state index in [0.29, 0.717) is 17.4 Å². The van der Waals surface area contributed by atoms with E-state index in [4.69, 9.17) is 18.5 Å². The van der Waals surface area contributed by atoms with Crippen molar-refractivity contribution < 1.29 is 42.1 Å². The van der Waals surface area contributed by atoms with E-state index in [9.17, 15) is 19.0 Å². The highest BCUT2D eigenvalue weighted by Gasteiger charge is 2.22. The second-order valence-electron chi connectivity index (χ2n) is 25.6. The summed E-state index contributed by atoms with van der Waals surface area (Å²) in [6.07, 6.45) is 101. The second-order valence-corrected chi connectivity index (χ2v) is 27.0. The molecule has 0 rings (SSSR count). The van der Waals surface area contributed by atoms with E-state index in [0.717, 1.165) is 109 Å². The molecule has 0 aromatic rings. The molecule has 516 valence electrons. The number of nitrogens with zero attached hydrogens (tertiary/aromatic N) is 1. The molecule has 0 aromatic heterocycles. The molecule has 0 aliphatic rings. The normalized spacial score (nSPS) is 13.9. The lowest BCUT2D eigenvalue weighted by atomic mass is 10.0. The fraction of sp³-hybridized carbons (Fsp3) is 0.700. The summed E-state index contributed by atoms with van der Waals surface area (Å²) in [4.78, 5) is 38.1. The van der Waals surface area contributed by atoms with Crippen LogP contribution in [0.2, 0.25) is 0 Å². The molecule has 2 atom stereocenters. The van der Waals surface area contributed by atoms with Gasteiger partial charge in [0.15, 0.2) is 6.10 Å². The Kier molecular flexibility index (Phi) is 66.5. The predicted octanol–water partition coefficient (Wildman–Crippen LogP) is 23.8. The number of carbonyl (C=O) groups excluding carboxylic acids is 2. The van der Waals surface area contributed by atoms with Gasteiger partial charge in [0.25, 0.3) is 7.82 Å². The van der Waals surface area contributed by atoms with Crippen LogP contribution in [0.25, 0.3) is 0 Å². The van der Waals surface area contributed by atoms with Gasteiger partial charge in [0.1, 0.15) is 19.8 Å². The van der Waals surface area contributed by atoms with Crippen molar-refractivity contribution in [1.29, 1.82) is 0 Å². The summed E-state index contributed by atoms with van der Waals surface area (Å²) in [5.74, 6) is -0.841. The minimum Gasteiger partial charge on any atom is -0.756 e. The number of carbonyl (C=O) groups is 2. The number of likely N-dealkylation sites (N-methyl/N-ethyl adjacent to an activating group) is 1. The Labute approximate surface area is 555 Å². The van der Waals surface area contributed by atoms with Crippen LogP contribution >= 0.6 is 7.82 Å². The first-order valence-corrected chi connectivity index (χ1v) is 38.4. The predicted molar refractivity (Wildman–Crippen MR) is 388 cm³/mol. The van der Waals surface area contributed by atoms with Crippen LogP contribution in [0.4, 0.5) is 0 Å². The van der Waals surface area contributed by atoms with Gasteiger partial charge >= 0.3 is 11.9 Å². The van der Waals surface area contributed by atoms with Crippen molar-refractivity contribution in [1.82, 2.24) is 0 Å². The van der Waals surface area contributed by atoms with E-state index in [1.807, 2.05) is 21.1 Å². The van der Waals surface area contributed by atoms with E-state index < -0.39 is 26.5 Å². The molecule has 90 heavy (non-hydrogen) atoms. The lowest BCUT2D eigenvalue weighted by Gasteiger charge is -2.28. The maximum Gasteiger partial charge on any atom is 0.306 e. The van der Waals surface area contributed by atoms with Gasteiger partial charge in [-0.2, -0.15) is 0 Å². The molecule has 0 N–H and O–H groups in total. The Hall–Kier alpha value is -3.85. The van der Waals surface area contributed by atoms with E-state index in [2.05, 4.69) is 148 Å². The summed E-state index contributed by atoms with van der Waals surface area (Å²) in [5.41, 5.74) is 0. The first-order valence-electron chi connectivity index (χ1n) is 36.9. The molecule has 0 bridgehead atoms. The van der Waals surface area contributed by atoms with E-state index >= 15 is 0 Å². The Morgan fingerprint density at radius 2 is 0.633 bits per heavy atom. The van der Waals surface area contributed by atoms with E-state index in [1.54, 1.807) is 0 Å². The topological polar surface area (TPSA) is 111 Å². The van der Waals surface area contributed by atoms with Gasteiger partial charge in [0, 0.05) is 12.8 Å². The highest BCUT2D eigenvalue weighted by molar-refractivity contribution is 7.45. The van der Waals surface area contributed by atoms with Gasteiger partial charge in [-0.25, -0.2) is 0 Å². The fourth-order valence-corrected chi connectivity index (χ4v) is 10.8. The largest absolute Gasteiger partial charge is 0.756 e. The summed E-state index contributed by atoms with van der Waals surface area (Å²) >= 11 is 0. The maximum absolute atomic E-state index is 12.9. The number of rotatable bonds is 67. The maximum atomic E-state index is 12.9. The monoisotopic (exact) mass is 1270 g/mol. The van der Waals surface area contributed by atoms with Crippen molar-refractivity contribution >= 4 is 19.8 Å². The molecular weight excluding hydrogens is 1130 g/mol. The number of allylic oxidation sites excluding steroid dienone is 22. The average molecular weight is 1270 g/mol. The molecule has 0 aliphatic heterocycles. The molecule has 0 radical (unpaired) electrons. The first-order chi connectivity index (χ1) is 44.0.